The van der Waals surface area contributed by atoms with Gasteiger partial charge in [-0.25, -0.2) is 0 Å². The van der Waals surface area contributed by atoms with Gasteiger partial charge in [0.25, 0.3) is 5.89 Å². The van der Waals surface area contributed by atoms with Crippen LogP contribution in [0.25, 0.3) is 11.5 Å². The molecule has 0 saturated heterocycles. The topological polar surface area (TPSA) is 59.2 Å². The fraction of sp³-hybridized carbons (Fsp3) is 0.125. The lowest BCUT2D eigenvalue weighted by Crippen LogP contribution is -2.19. The number of benzene rings is 2. The fourth-order valence-electron chi connectivity index (χ4n) is 2.63. The average molecular weight is 390 g/mol. The van der Waals surface area contributed by atoms with Crippen molar-refractivity contribution in [2.75, 3.05) is 0 Å². The van der Waals surface area contributed by atoms with E-state index in [4.69, 9.17) is 4.52 Å². The number of aromatic nitrogens is 2. The first-order valence-corrected chi connectivity index (χ1v) is 7.70. The molecule has 0 fully saturated rings. The van der Waals surface area contributed by atoms with Crippen molar-refractivity contribution in [1.29, 1.82) is 0 Å². The molecule has 5 heteroatoms. The first kappa shape index (κ1) is 12.8. The molecule has 4 nitrogen and oxygen atoms in total. The number of fused-ring (bicyclic) bond motifs is 1. The van der Waals surface area contributed by atoms with Gasteiger partial charge in [-0.05, 0) is 58.3 Å². The number of phenols is 1. The van der Waals surface area contributed by atoms with Crippen LogP contribution >= 0.6 is 22.6 Å². The van der Waals surface area contributed by atoms with Crippen molar-refractivity contribution in [3.8, 4) is 17.2 Å². The Morgan fingerprint density at radius 3 is 2.86 bits per heavy atom. The molecule has 0 bridgehead atoms. The Morgan fingerprint density at radius 2 is 2.05 bits per heavy atom. The summed E-state index contributed by atoms with van der Waals surface area (Å²) in [4.78, 5) is 4.48. The van der Waals surface area contributed by atoms with Gasteiger partial charge in [-0.1, -0.05) is 29.4 Å². The number of nitrogens with zero attached hydrogens (tertiary/aromatic N) is 2. The second-order valence-corrected chi connectivity index (χ2v) is 6.24. The average Bonchev–Trinajstić information content (AvgIpc) is 2.93. The van der Waals surface area contributed by atoms with Crippen LogP contribution < -0.4 is 0 Å². The van der Waals surface area contributed by atoms with Crippen molar-refractivity contribution in [3.63, 3.8) is 0 Å². The molecule has 0 aliphatic heterocycles. The summed E-state index contributed by atoms with van der Waals surface area (Å²) >= 11 is 2.08. The summed E-state index contributed by atoms with van der Waals surface area (Å²) < 4.78 is 6.14. The van der Waals surface area contributed by atoms with Crippen LogP contribution in [0.2, 0.25) is 0 Å². The van der Waals surface area contributed by atoms with Crippen LogP contribution in [-0.4, -0.2) is 15.2 Å². The van der Waals surface area contributed by atoms with Crippen LogP contribution in [0.1, 0.15) is 22.9 Å². The van der Waals surface area contributed by atoms with Crippen molar-refractivity contribution in [3.05, 3.63) is 63.0 Å². The first-order chi connectivity index (χ1) is 10.2. The quantitative estimate of drug-likeness (QED) is 0.678. The molecule has 1 aliphatic carbocycles. The largest absolute Gasteiger partial charge is 0.507 e. The number of halogens is 1. The zero-order valence-corrected chi connectivity index (χ0v) is 13.1. The highest BCUT2D eigenvalue weighted by Gasteiger charge is 2.31. The second-order valence-electron chi connectivity index (χ2n) is 5.08. The van der Waals surface area contributed by atoms with Gasteiger partial charge in [-0.3, -0.25) is 0 Å². The summed E-state index contributed by atoms with van der Waals surface area (Å²) in [5.41, 5.74) is 3.36. The third-order valence-electron chi connectivity index (χ3n) is 3.80. The molecular weight excluding hydrogens is 379 g/mol. The molecule has 1 unspecified atom stereocenters. The number of aromatic hydroxyl groups is 1. The van der Waals surface area contributed by atoms with Crippen LogP contribution in [0, 0.1) is 3.57 Å². The molecule has 1 atom stereocenters. The summed E-state index contributed by atoms with van der Waals surface area (Å²) in [5, 5.41) is 13.9. The minimum absolute atomic E-state index is 0.219. The lowest BCUT2D eigenvalue weighted by molar-refractivity contribution is 0.415. The summed E-state index contributed by atoms with van der Waals surface area (Å²) in [7, 11) is 0. The summed E-state index contributed by atoms with van der Waals surface area (Å²) in [6.45, 7) is 0. The van der Waals surface area contributed by atoms with Crippen molar-refractivity contribution in [1.82, 2.24) is 10.1 Å². The minimum atomic E-state index is 0.219. The van der Waals surface area contributed by atoms with Crippen molar-refractivity contribution in [2.24, 2.45) is 0 Å². The number of rotatable bonds is 2. The molecule has 1 N–H and O–H groups in total. The van der Waals surface area contributed by atoms with Crippen LogP contribution in [0.5, 0.6) is 5.75 Å². The van der Waals surface area contributed by atoms with Crippen LogP contribution in [-0.2, 0) is 6.42 Å². The van der Waals surface area contributed by atoms with E-state index >= 15 is 0 Å². The van der Waals surface area contributed by atoms with Crippen LogP contribution in [0.3, 0.4) is 0 Å². The van der Waals surface area contributed by atoms with E-state index in [1.165, 1.54) is 11.1 Å². The normalized spacial score (nSPS) is 16.3. The van der Waals surface area contributed by atoms with Crippen molar-refractivity contribution >= 4 is 22.6 Å². The molecule has 1 aromatic heterocycles. The summed E-state index contributed by atoms with van der Waals surface area (Å²) in [5.74, 6) is 1.60. The summed E-state index contributed by atoms with van der Waals surface area (Å²) in [6, 6.07) is 13.7. The number of phenolic OH excluding ortho intramolecular Hbond substituents is 1. The molecule has 0 radical (unpaired) electrons. The molecule has 21 heavy (non-hydrogen) atoms. The Labute approximate surface area is 135 Å². The molecule has 0 saturated carbocycles. The Morgan fingerprint density at radius 1 is 1.19 bits per heavy atom. The molecule has 0 amide bonds. The molecule has 4 rings (SSSR count). The van der Waals surface area contributed by atoms with Crippen molar-refractivity contribution in [2.45, 2.75) is 12.3 Å². The van der Waals surface area contributed by atoms with Gasteiger partial charge in [0, 0.05) is 5.56 Å². The maximum atomic E-state index is 9.77. The molecule has 1 aliphatic rings. The molecule has 104 valence electrons. The molecule has 2 aromatic carbocycles. The molecule has 0 spiro atoms. The monoisotopic (exact) mass is 390 g/mol. The van der Waals surface area contributed by atoms with Gasteiger partial charge in [-0.15, -0.1) is 0 Å². The van der Waals surface area contributed by atoms with E-state index in [1.807, 2.05) is 24.3 Å². The third kappa shape index (κ3) is 2.12. The Hall–Kier alpha value is -1.89. The van der Waals surface area contributed by atoms with E-state index in [9.17, 15) is 5.11 Å². The van der Waals surface area contributed by atoms with E-state index < -0.39 is 0 Å². The molecule has 3 aromatic rings. The lowest BCUT2D eigenvalue weighted by Gasteiger charge is -2.27. The van der Waals surface area contributed by atoms with E-state index in [0.717, 1.165) is 15.6 Å². The SMILES string of the molecule is Oc1cc(-c2nc(C3Cc4ccccc43)no2)ccc1I. The zero-order chi connectivity index (χ0) is 14.4. The third-order valence-corrected chi connectivity index (χ3v) is 4.71. The first-order valence-electron chi connectivity index (χ1n) is 6.62. The van der Waals surface area contributed by atoms with E-state index in [2.05, 4.69) is 44.9 Å². The fourth-order valence-corrected chi connectivity index (χ4v) is 2.96. The maximum absolute atomic E-state index is 9.77. The standard InChI is InChI=1S/C16H11IN2O2/c17-13-6-5-10(8-14(13)20)16-18-15(19-21-16)12-7-9-3-1-2-4-11(9)12/h1-6,8,12,20H,7H2. The second kappa shape index (κ2) is 4.84. The molecular formula is C16H11IN2O2. The van der Waals surface area contributed by atoms with E-state index in [1.54, 1.807) is 6.07 Å². The highest BCUT2D eigenvalue weighted by molar-refractivity contribution is 14.1. The lowest BCUT2D eigenvalue weighted by atomic mass is 9.77. The van der Waals surface area contributed by atoms with Crippen molar-refractivity contribution < 1.29 is 9.63 Å². The summed E-state index contributed by atoms with van der Waals surface area (Å²) in [6.07, 6.45) is 0.951. The van der Waals surface area contributed by atoms with Gasteiger partial charge >= 0.3 is 0 Å². The highest BCUT2D eigenvalue weighted by atomic mass is 127. The smallest absolute Gasteiger partial charge is 0.258 e. The Bertz CT molecular complexity index is 829. The van der Waals surface area contributed by atoms with Crippen LogP contribution in [0.4, 0.5) is 0 Å². The van der Waals surface area contributed by atoms with E-state index in [-0.39, 0.29) is 11.7 Å². The Balaban J connectivity index is 1.66. The number of hydrogen-bond donors (Lipinski definition) is 1. The van der Waals surface area contributed by atoms with Gasteiger partial charge < -0.3 is 9.63 Å². The predicted octanol–water partition coefficient (Wildman–Crippen LogP) is 3.73. The van der Waals surface area contributed by atoms with Gasteiger partial charge in [0.05, 0.1) is 9.49 Å². The number of hydrogen-bond acceptors (Lipinski definition) is 4. The highest BCUT2D eigenvalue weighted by Crippen LogP contribution is 2.39. The predicted molar refractivity (Wildman–Crippen MR) is 86.1 cm³/mol. The van der Waals surface area contributed by atoms with Gasteiger partial charge in [-0.2, -0.15) is 4.98 Å². The minimum Gasteiger partial charge on any atom is -0.507 e. The zero-order valence-electron chi connectivity index (χ0n) is 11.0. The van der Waals surface area contributed by atoms with Gasteiger partial charge in [0.1, 0.15) is 5.75 Å². The Kier molecular flexibility index (Phi) is 2.95. The van der Waals surface area contributed by atoms with Gasteiger partial charge in [0.15, 0.2) is 5.82 Å². The van der Waals surface area contributed by atoms with E-state index in [0.29, 0.717) is 11.7 Å². The maximum Gasteiger partial charge on any atom is 0.258 e. The van der Waals surface area contributed by atoms with Crippen LogP contribution in [0.15, 0.2) is 47.0 Å². The van der Waals surface area contributed by atoms with Gasteiger partial charge in [0.2, 0.25) is 0 Å². The molecule has 1 heterocycles.